The van der Waals surface area contributed by atoms with Gasteiger partial charge in [-0.15, -0.1) is 0 Å². The first-order valence-electron chi connectivity index (χ1n) is 6.76. The molecule has 2 aliphatic rings. The lowest BCUT2D eigenvalue weighted by atomic mass is 9.87. The number of rotatable bonds is 4. The molecule has 1 aliphatic heterocycles. The van der Waals surface area contributed by atoms with E-state index in [9.17, 15) is 8.78 Å². The lowest BCUT2D eigenvalue weighted by Crippen LogP contribution is -2.17. The number of halogens is 2. The first kappa shape index (κ1) is 12.5. The van der Waals surface area contributed by atoms with Crippen molar-refractivity contribution in [3.8, 4) is 0 Å². The van der Waals surface area contributed by atoms with Crippen LogP contribution < -0.4 is 11.1 Å². The van der Waals surface area contributed by atoms with Gasteiger partial charge in [-0.05, 0) is 54.7 Å². The van der Waals surface area contributed by atoms with E-state index in [0.717, 1.165) is 44.1 Å². The van der Waals surface area contributed by atoms with Crippen molar-refractivity contribution in [2.45, 2.75) is 31.1 Å². The van der Waals surface area contributed by atoms with Gasteiger partial charge in [-0.2, -0.15) is 0 Å². The summed E-state index contributed by atoms with van der Waals surface area (Å²) in [6, 6.07) is 3.95. The summed E-state index contributed by atoms with van der Waals surface area (Å²) in [5.41, 5.74) is 6.29. The first-order valence-corrected chi connectivity index (χ1v) is 6.76. The molecule has 19 heavy (non-hydrogen) atoms. The van der Waals surface area contributed by atoms with E-state index in [1.165, 1.54) is 6.07 Å². The molecular formula is C15H18F2N2. The Balaban J connectivity index is 1.69. The Hall–Kier alpha value is -1.58. The zero-order valence-corrected chi connectivity index (χ0v) is 10.8. The van der Waals surface area contributed by atoms with Crippen LogP contribution in [0.1, 0.15) is 31.2 Å². The number of hydrogen-bond donors (Lipinski definition) is 2. The van der Waals surface area contributed by atoms with Gasteiger partial charge in [0.05, 0.1) is 5.82 Å². The number of nitrogens with two attached hydrogens (primary N) is 1. The molecular weight excluding hydrogens is 246 g/mol. The number of benzene rings is 1. The summed E-state index contributed by atoms with van der Waals surface area (Å²) in [6.45, 7) is 0.869. The van der Waals surface area contributed by atoms with Crippen LogP contribution in [0.5, 0.6) is 0 Å². The van der Waals surface area contributed by atoms with Crippen LogP contribution >= 0.6 is 0 Å². The van der Waals surface area contributed by atoms with Crippen molar-refractivity contribution in [2.75, 3.05) is 6.54 Å². The lowest BCUT2D eigenvalue weighted by molar-refractivity contribution is 0.478. The quantitative estimate of drug-likeness (QED) is 0.877. The molecule has 2 nitrogen and oxygen atoms in total. The molecule has 0 amide bonds. The van der Waals surface area contributed by atoms with Gasteiger partial charge in [-0.25, -0.2) is 8.78 Å². The monoisotopic (exact) mass is 264 g/mol. The fraction of sp³-hybridized carbons (Fsp3) is 0.467. The molecule has 1 saturated carbocycles. The van der Waals surface area contributed by atoms with Gasteiger partial charge in [0.15, 0.2) is 0 Å². The summed E-state index contributed by atoms with van der Waals surface area (Å²) >= 11 is 0. The average Bonchev–Trinajstić information content (AvgIpc) is 3.03. The van der Waals surface area contributed by atoms with Gasteiger partial charge < -0.3 is 11.1 Å². The van der Waals surface area contributed by atoms with Crippen molar-refractivity contribution >= 4 is 0 Å². The Labute approximate surface area is 111 Å². The molecule has 0 unspecified atom stereocenters. The smallest absolute Gasteiger partial charge is 0.129 e. The summed E-state index contributed by atoms with van der Waals surface area (Å²) in [5, 5.41) is 3.10. The normalized spacial score (nSPS) is 23.9. The molecule has 1 aromatic rings. The molecule has 4 heteroatoms. The fourth-order valence-corrected chi connectivity index (χ4v) is 2.99. The zero-order chi connectivity index (χ0) is 13.5. The van der Waals surface area contributed by atoms with Crippen molar-refractivity contribution in [1.82, 2.24) is 5.32 Å². The van der Waals surface area contributed by atoms with Gasteiger partial charge in [-0.1, -0.05) is 6.07 Å². The van der Waals surface area contributed by atoms with Crippen LogP contribution in [0.3, 0.4) is 0 Å². The summed E-state index contributed by atoms with van der Waals surface area (Å²) in [6.07, 6.45) is 5.96. The molecule has 0 saturated heterocycles. The highest BCUT2D eigenvalue weighted by molar-refractivity contribution is 5.33. The van der Waals surface area contributed by atoms with E-state index in [-0.39, 0.29) is 5.41 Å². The van der Waals surface area contributed by atoms with Gasteiger partial charge in [-0.3, -0.25) is 0 Å². The van der Waals surface area contributed by atoms with E-state index >= 15 is 0 Å². The van der Waals surface area contributed by atoms with Crippen molar-refractivity contribution in [3.63, 3.8) is 0 Å². The van der Waals surface area contributed by atoms with Crippen molar-refractivity contribution < 1.29 is 8.78 Å². The first-order chi connectivity index (χ1) is 9.09. The van der Waals surface area contributed by atoms with E-state index in [2.05, 4.69) is 5.32 Å². The minimum Gasteiger partial charge on any atom is -0.386 e. The highest BCUT2D eigenvalue weighted by Crippen LogP contribution is 2.53. The van der Waals surface area contributed by atoms with Crippen LogP contribution in [0.4, 0.5) is 8.78 Å². The minimum atomic E-state index is -0.507. The van der Waals surface area contributed by atoms with Crippen LogP contribution in [0.2, 0.25) is 0 Å². The van der Waals surface area contributed by atoms with Gasteiger partial charge in [0, 0.05) is 12.6 Å². The van der Waals surface area contributed by atoms with Gasteiger partial charge in [0.1, 0.15) is 11.6 Å². The van der Waals surface area contributed by atoms with E-state index in [1.54, 1.807) is 6.07 Å². The SMILES string of the molecule is NC1=C[C@H](CCC2(c3ccc(F)cc3F)CC2)CN1. The molecule has 1 fully saturated rings. The Morgan fingerprint density at radius 1 is 1.32 bits per heavy atom. The molecule has 102 valence electrons. The Morgan fingerprint density at radius 3 is 2.68 bits per heavy atom. The molecule has 0 aromatic heterocycles. The van der Waals surface area contributed by atoms with Crippen LogP contribution in [0.25, 0.3) is 0 Å². The summed E-state index contributed by atoms with van der Waals surface area (Å²) in [7, 11) is 0. The maximum absolute atomic E-state index is 13.9. The predicted octanol–water partition coefficient (Wildman–Crippen LogP) is 2.80. The molecule has 0 radical (unpaired) electrons. The molecule has 3 rings (SSSR count). The van der Waals surface area contributed by atoms with Crippen molar-refractivity contribution in [1.29, 1.82) is 0 Å². The van der Waals surface area contributed by atoms with Crippen LogP contribution in [-0.2, 0) is 5.41 Å². The zero-order valence-electron chi connectivity index (χ0n) is 10.8. The van der Waals surface area contributed by atoms with Crippen molar-refractivity contribution in [3.05, 3.63) is 47.3 Å². The largest absolute Gasteiger partial charge is 0.386 e. The Kier molecular flexibility index (Phi) is 2.96. The number of nitrogens with one attached hydrogen (secondary N) is 1. The summed E-state index contributed by atoms with van der Waals surface area (Å²) < 4.78 is 26.8. The van der Waals surface area contributed by atoms with Gasteiger partial charge >= 0.3 is 0 Å². The highest BCUT2D eigenvalue weighted by Gasteiger charge is 2.45. The topological polar surface area (TPSA) is 38.0 Å². The third-order valence-corrected chi connectivity index (χ3v) is 4.33. The van der Waals surface area contributed by atoms with Crippen LogP contribution in [0, 0.1) is 17.6 Å². The highest BCUT2D eigenvalue weighted by atomic mass is 19.1. The minimum absolute atomic E-state index is 0.0665. The summed E-state index contributed by atoms with van der Waals surface area (Å²) in [4.78, 5) is 0. The second-order valence-corrected chi connectivity index (χ2v) is 5.71. The van der Waals surface area contributed by atoms with Crippen molar-refractivity contribution in [2.24, 2.45) is 11.7 Å². The molecule has 1 aromatic carbocycles. The second kappa shape index (κ2) is 4.51. The molecule has 1 atom stereocenters. The molecule has 0 spiro atoms. The van der Waals surface area contributed by atoms with Crippen LogP contribution in [0.15, 0.2) is 30.1 Å². The maximum atomic E-state index is 13.9. The van der Waals surface area contributed by atoms with E-state index in [1.807, 2.05) is 6.08 Å². The van der Waals surface area contributed by atoms with E-state index < -0.39 is 11.6 Å². The Bertz CT molecular complexity index is 521. The fourth-order valence-electron chi connectivity index (χ4n) is 2.99. The Morgan fingerprint density at radius 2 is 2.11 bits per heavy atom. The third-order valence-electron chi connectivity index (χ3n) is 4.33. The standard InChI is InChI=1S/C15H18F2N2/c16-11-1-2-12(13(17)8-11)15(5-6-15)4-3-10-7-14(18)19-9-10/h1-2,7-8,10,19H,3-6,9,18H2/t10-/m0/s1. The van der Waals surface area contributed by atoms with E-state index in [0.29, 0.717) is 11.5 Å². The lowest BCUT2D eigenvalue weighted by Gasteiger charge is -2.18. The predicted molar refractivity (Wildman–Crippen MR) is 70.3 cm³/mol. The van der Waals surface area contributed by atoms with Gasteiger partial charge in [0.25, 0.3) is 0 Å². The molecule has 3 N–H and O–H groups in total. The summed E-state index contributed by atoms with van der Waals surface area (Å²) in [5.74, 6) is 0.258. The van der Waals surface area contributed by atoms with Crippen LogP contribution in [-0.4, -0.2) is 6.54 Å². The average molecular weight is 264 g/mol. The van der Waals surface area contributed by atoms with Gasteiger partial charge in [0.2, 0.25) is 0 Å². The molecule has 1 heterocycles. The number of hydrogen-bond acceptors (Lipinski definition) is 2. The second-order valence-electron chi connectivity index (χ2n) is 5.71. The maximum Gasteiger partial charge on any atom is 0.129 e. The third kappa shape index (κ3) is 2.44. The molecule has 0 bridgehead atoms. The van der Waals surface area contributed by atoms with E-state index in [4.69, 9.17) is 5.73 Å². The molecule has 1 aliphatic carbocycles.